The number of benzene rings is 4. The lowest BCUT2D eigenvalue weighted by Crippen LogP contribution is -2.33. The number of nitrogens with two attached hydrogens (primary N) is 1. The lowest BCUT2D eigenvalue weighted by molar-refractivity contribution is -0.192. The molecule has 0 radical (unpaired) electrons. The first kappa shape index (κ1) is 40.7. The third-order valence-corrected chi connectivity index (χ3v) is 9.16. The fourth-order valence-electron chi connectivity index (χ4n) is 5.50. The van der Waals surface area contributed by atoms with E-state index >= 15 is 0 Å². The summed E-state index contributed by atoms with van der Waals surface area (Å²) in [6, 6.07) is 31.3. The number of primary sulfonamides is 1. The van der Waals surface area contributed by atoms with Crippen molar-refractivity contribution in [2.45, 2.75) is 43.6 Å². The summed E-state index contributed by atoms with van der Waals surface area (Å²) >= 11 is 0. The molecule has 282 valence electrons. The molecule has 0 atom stereocenters. The van der Waals surface area contributed by atoms with Crippen LogP contribution in [0.25, 0.3) is 11.1 Å². The lowest BCUT2D eigenvalue weighted by atomic mass is 10.0. The number of nitrogens with one attached hydrogen (secondary N) is 1. The number of hydrogen-bond acceptors (Lipinski definition) is 7. The summed E-state index contributed by atoms with van der Waals surface area (Å²) in [6.45, 7) is 4.40. The smallest absolute Gasteiger partial charge is 0.475 e. The van der Waals surface area contributed by atoms with Gasteiger partial charge in [0.05, 0.1) is 11.5 Å². The number of sulfonamides is 1. The van der Waals surface area contributed by atoms with E-state index in [4.69, 9.17) is 19.8 Å². The zero-order valence-corrected chi connectivity index (χ0v) is 29.6. The molecule has 1 aliphatic rings. The Hall–Kier alpha value is -5.09. The number of ether oxygens (including phenoxy) is 1. The topological polar surface area (TPSA) is 159 Å². The number of carbonyl (C=O) groups excluding carboxylic acids is 2. The van der Waals surface area contributed by atoms with Crippen molar-refractivity contribution in [3.05, 3.63) is 125 Å². The predicted octanol–water partition coefficient (Wildman–Crippen LogP) is 5.21. The maximum atomic E-state index is 13.5. The molecule has 1 aliphatic heterocycles. The Morgan fingerprint density at radius 1 is 0.811 bits per heavy atom. The van der Waals surface area contributed by atoms with Gasteiger partial charge in [-0.15, -0.1) is 0 Å². The number of carboxylic acids is 1. The van der Waals surface area contributed by atoms with Crippen molar-refractivity contribution >= 4 is 27.8 Å². The summed E-state index contributed by atoms with van der Waals surface area (Å²) in [7, 11) is -3.83. The molecule has 11 nitrogen and oxygen atoms in total. The highest BCUT2D eigenvalue weighted by atomic mass is 32.2. The SMILES string of the molecule is NS(=O)(=O)c1ccc(CN(Cc2cccc(-c3cccc(C(=O)NCCN4CCCC4)c3)c2)C(=O)COCc2ccccc2)cc1.O=C(O)C(F)(F)F. The van der Waals surface area contributed by atoms with Gasteiger partial charge in [-0.05, 0) is 84.1 Å². The summed E-state index contributed by atoms with van der Waals surface area (Å²) in [5.74, 6) is -3.06. The van der Waals surface area contributed by atoms with E-state index in [1.165, 1.54) is 25.0 Å². The third kappa shape index (κ3) is 13.4. The number of carboxylic acid groups (broad SMARTS) is 1. The highest BCUT2D eigenvalue weighted by Gasteiger charge is 2.38. The standard InChI is InChI=1S/C36H40N4O5S.C2HF3O2/c37-46(43,44)34-16-14-28(15-17-34)24-40(35(41)27-45-26-29-8-2-1-3-9-29)25-30-10-6-11-31(22-30)32-12-7-13-33(23-32)36(42)38-18-21-39-19-4-5-20-39;3-2(4,5)1(6)7/h1-3,6-17,22-23H,4-5,18-21,24-27H2,(H,38,42)(H2,37,43,44);(H,6,7). The molecular weight excluding hydrogens is 714 g/mol. The highest BCUT2D eigenvalue weighted by Crippen LogP contribution is 2.23. The quantitative estimate of drug-likeness (QED) is 0.158. The van der Waals surface area contributed by atoms with Gasteiger partial charge in [-0.1, -0.05) is 72.8 Å². The fourth-order valence-corrected chi connectivity index (χ4v) is 6.02. The van der Waals surface area contributed by atoms with Gasteiger partial charge >= 0.3 is 12.1 Å². The minimum atomic E-state index is -5.08. The number of halogens is 3. The Balaban J connectivity index is 0.000000815. The first-order chi connectivity index (χ1) is 25.2. The van der Waals surface area contributed by atoms with Crippen LogP contribution in [0.5, 0.6) is 0 Å². The van der Waals surface area contributed by atoms with Crippen LogP contribution in [0.2, 0.25) is 0 Å². The van der Waals surface area contributed by atoms with Gasteiger partial charge in [0.1, 0.15) is 6.61 Å². The van der Waals surface area contributed by atoms with Crippen molar-refractivity contribution in [2.24, 2.45) is 5.14 Å². The molecule has 0 saturated carbocycles. The van der Waals surface area contributed by atoms with E-state index in [2.05, 4.69) is 10.2 Å². The number of hydrogen-bond donors (Lipinski definition) is 3. The van der Waals surface area contributed by atoms with E-state index in [1.54, 1.807) is 17.0 Å². The molecule has 2 amide bonds. The monoisotopic (exact) mass is 754 g/mol. The first-order valence-electron chi connectivity index (χ1n) is 16.7. The van der Waals surface area contributed by atoms with Crippen LogP contribution in [0.3, 0.4) is 0 Å². The summed E-state index contributed by atoms with van der Waals surface area (Å²) in [5, 5.41) is 15.4. The van der Waals surface area contributed by atoms with E-state index < -0.39 is 22.2 Å². The van der Waals surface area contributed by atoms with Crippen molar-refractivity contribution in [3.8, 4) is 11.1 Å². The zero-order chi connectivity index (χ0) is 38.4. The average Bonchev–Trinajstić information content (AvgIpc) is 3.65. The Bertz CT molecular complexity index is 1940. The minimum Gasteiger partial charge on any atom is -0.475 e. The van der Waals surface area contributed by atoms with Gasteiger partial charge in [0.15, 0.2) is 0 Å². The minimum absolute atomic E-state index is 0.00975. The van der Waals surface area contributed by atoms with Crippen molar-refractivity contribution in [1.82, 2.24) is 15.1 Å². The number of rotatable bonds is 14. The Labute approximate surface area is 306 Å². The number of alkyl halides is 3. The van der Waals surface area contributed by atoms with E-state index in [0.29, 0.717) is 25.3 Å². The fraction of sp³-hybridized carbons (Fsp3) is 0.289. The molecule has 0 unspecified atom stereocenters. The molecule has 0 aliphatic carbocycles. The molecule has 5 rings (SSSR count). The van der Waals surface area contributed by atoms with Crippen LogP contribution >= 0.6 is 0 Å². The normalized spacial score (nSPS) is 13.1. The van der Waals surface area contributed by atoms with Gasteiger partial charge in [-0.2, -0.15) is 13.2 Å². The number of likely N-dealkylation sites (tertiary alicyclic amines) is 1. The highest BCUT2D eigenvalue weighted by molar-refractivity contribution is 7.89. The van der Waals surface area contributed by atoms with Crippen LogP contribution in [-0.2, 0) is 44.0 Å². The summed E-state index contributed by atoms with van der Waals surface area (Å²) in [4.78, 5) is 39.3. The van der Waals surface area contributed by atoms with Gasteiger partial charge in [-0.3, -0.25) is 9.59 Å². The number of amides is 2. The van der Waals surface area contributed by atoms with Gasteiger partial charge in [-0.25, -0.2) is 18.4 Å². The molecule has 4 aromatic rings. The van der Waals surface area contributed by atoms with Crippen molar-refractivity contribution < 1.29 is 45.8 Å². The Morgan fingerprint density at radius 3 is 2.02 bits per heavy atom. The molecule has 4 aromatic carbocycles. The molecule has 0 spiro atoms. The maximum Gasteiger partial charge on any atom is 0.490 e. The van der Waals surface area contributed by atoms with E-state index in [1.807, 2.05) is 78.9 Å². The van der Waals surface area contributed by atoms with E-state index in [9.17, 15) is 31.2 Å². The number of nitrogens with zero attached hydrogens (tertiary/aromatic N) is 2. The van der Waals surface area contributed by atoms with Crippen molar-refractivity contribution in [2.75, 3.05) is 32.8 Å². The van der Waals surface area contributed by atoms with Crippen LogP contribution in [0.4, 0.5) is 13.2 Å². The molecule has 4 N–H and O–H groups in total. The Kier molecular flexibility index (Phi) is 14.7. The van der Waals surface area contributed by atoms with Gasteiger partial charge in [0.25, 0.3) is 5.91 Å². The Morgan fingerprint density at radius 2 is 1.40 bits per heavy atom. The summed E-state index contributed by atoms with van der Waals surface area (Å²) in [5.41, 5.74) is 5.04. The third-order valence-electron chi connectivity index (χ3n) is 8.23. The first-order valence-corrected chi connectivity index (χ1v) is 18.2. The molecule has 1 saturated heterocycles. The molecule has 1 fully saturated rings. The largest absolute Gasteiger partial charge is 0.490 e. The van der Waals surface area contributed by atoms with Crippen LogP contribution in [-0.4, -0.2) is 80.1 Å². The lowest BCUT2D eigenvalue weighted by Gasteiger charge is -2.23. The molecule has 0 bridgehead atoms. The molecule has 1 heterocycles. The van der Waals surface area contributed by atoms with E-state index in [-0.39, 0.29) is 29.9 Å². The van der Waals surface area contributed by atoms with Gasteiger partial charge in [0, 0.05) is 31.7 Å². The average molecular weight is 755 g/mol. The second-order valence-electron chi connectivity index (χ2n) is 12.3. The van der Waals surface area contributed by atoms with Crippen molar-refractivity contribution in [1.29, 1.82) is 0 Å². The van der Waals surface area contributed by atoms with Crippen molar-refractivity contribution in [3.63, 3.8) is 0 Å². The number of carbonyl (C=O) groups is 3. The summed E-state index contributed by atoms with van der Waals surface area (Å²) < 4.78 is 60.9. The summed E-state index contributed by atoms with van der Waals surface area (Å²) in [6.07, 6.45) is -2.64. The second-order valence-corrected chi connectivity index (χ2v) is 13.9. The van der Waals surface area contributed by atoms with Crippen LogP contribution < -0.4 is 10.5 Å². The van der Waals surface area contributed by atoms with E-state index in [0.717, 1.165) is 47.5 Å². The molecule has 15 heteroatoms. The molecular formula is C38H41F3N4O7S. The predicted molar refractivity (Wildman–Crippen MR) is 192 cm³/mol. The molecule has 53 heavy (non-hydrogen) atoms. The second kappa shape index (κ2) is 19.1. The number of aliphatic carboxylic acids is 1. The van der Waals surface area contributed by atoms with Crippen LogP contribution in [0.1, 0.15) is 39.9 Å². The van der Waals surface area contributed by atoms with Crippen LogP contribution in [0, 0.1) is 0 Å². The molecule has 0 aromatic heterocycles. The van der Waals surface area contributed by atoms with Gasteiger partial charge < -0.3 is 25.0 Å². The van der Waals surface area contributed by atoms with Crippen LogP contribution in [0.15, 0.2) is 108 Å². The van der Waals surface area contributed by atoms with Gasteiger partial charge in [0.2, 0.25) is 15.9 Å². The zero-order valence-electron chi connectivity index (χ0n) is 28.8. The maximum absolute atomic E-state index is 13.5.